The number of aryl methyl sites for hydroxylation is 1. The number of morpholine rings is 1. The number of ether oxygens (including phenoxy) is 1. The molecule has 0 aliphatic carbocycles. The van der Waals surface area contributed by atoms with Crippen LogP contribution in [0.3, 0.4) is 0 Å². The van der Waals surface area contributed by atoms with Crippen LogP contribution in [-0.4, -0.2) is 46.1 Å². The SMILES string of the molecule is Cn1ccc(-c2ccccc2Nc2nc(Nc3ccc(N4CCOCC4)cc3)ncc2Cl)n1. The monoisotopic (exact) mass is 461 g/mol. The Kier molecular flexibility index (Phi) is 6.10. The Morgan fingerprint density at radius 1 is 0.970 bits per heavy atom. The standard InChI is InChI=1S/C24H24ClN7O/c1-31-11-10-22(30-31)19-4-2-3-5-21(19)28-23-20(25)16-26-24(29-23)27-17-6-8-18(9-7-17)32-12-14-33-15-13-32/h2-11,16H,12-15H2,1H3,(H2,26,27,28,29). The third-order valence-electron chi connectivity index (χ3n) is 5.41. The van der Waals surface area contributed by atoms with Crippen molar-refractivity contribution in [3.05, 3.63) is 72.0 Å². The minimum absolute atomic E-state index is 0.430. The lowest BCUT2D eigenvalue weighted by atomic mass is 10.1. The van der Waals surface area contributed by atoms with E-state index < -0.39 is 0 Å². The molecular formula is C24H24ClN7O. The predicted molar refractivity (Wildman–Crippen MR) is 132 cm³/mol. The Balaban J connectivity index is 1.34. The number of para-hydroxylation sites is 1. The van der Waals surface area contributed by atoms with Gasteiger partial charge in [0.1, 0.15) is 5.02 Å². The molecule has 1 aliphatic heterocycles. The fourth-order valence-corrected chi connectivity index (χ4v) is 3.86. The molecule has 0 bridgehead atoms. The van der Waals surface area contributed by atoms with E-state index in [0.717, 1.165) is 48.9 Å². The maximum absolute atomic E-state index is 6.41. The Hall–Kier alpha value is -3.62. The number of hydrogen-bond acceptors (Lipinski definition) is 7. The topological polar surface area (TPSA) is 80.1 Å². The van der Waals surface area contributed by atoms with E-state index in [-0.39, 0.29) is 0 Å². The molecule has 2 N–H and O–H groups in total. The number of nitrogens with one attached hydrogen (secondary N) is 2. The first-order valence-electron chi connectivity index (χ1n) is 10.7. The van der Waals surface area contributed by atoms with E-state index in [2.05, 4.69) is 42.7 Å². The van der Waals surface area contributed by atoms with Gasteiger partial charge in [0.2, 0.25) is 5.95 Å². The molecule has 1 aliphatic rings. The summed E-state index contributed by atoms with van der Waals surface area (Å²) in [5, 5.41) is 11.5. The van der Waals surface area contributed by atoms with E-state index in [9.17, 15) is 0 Å². The molecule has 5 rings (SSSR count). The minimum Gasteiger partial charge on any atom is -0.378 e. The average Bonchev–Trinajstić information content (AvgIpc) is 3.29. The highest BCUT2D eigenvalue weighted by molar-refractivity contribution is 6.33. The zero-order valence-corrected chi connectivity index (χ0v) is 19.0. The molecule has 0 spiro atoms. The van der Waals surface area contributed by atoms with Crippen LogP contribution in [0.1, 0.15) is 0 Å². The highest BCUT2D eigenvalue weighted by atomic mass is 35.5. The van der Waals surface area contributed by atoms with Gasteiger partial charge in [-0.05, 0) is 36.4 Å². The second kappa shape index (κ2) is 9.48. The Morgan fingerprint density at radius 3 is 2.52 bits per heavy atom. The van der Waals surface area contributed by atoms with Crippen LogP contribution in [0.4, 0.5) is 28.8 Å². The first-order valence-corrected chi connectivity index (χ1v) is 11.1. The Bertz CT molecular complexity index is 1240. The van der Waals surface area contributed by atoms with Gasteiger partial charge in [-0.3, -0.25) is 4.68 Å². The summed E-state index contributed by atoms with van der Waals surface area (Å²) in [4.78, 5) is 11.2. The number of rotatable bonds is 6. The summed E-state index contributed by atoms with van der Waals surface area (Å²) in [6.07, 6.45) is 3.50. The molecule has 1 saturated heterocycles. The van der Waals surface area contributed by atoms with Crippen molar-refractivity contribution < 1.29 is 4.74 Å². The van der Waals surface area contributed by atoms with Gasteiger partial charge in [-0.2, -0.15) is 10.1 Å². The minimum atomic E-state index is 0.430. The highest BCUT2D eigenvalue weighted by Crippen LogP contribution is 2.31. The Morgan fingerprint density at radius 2 is 1.76 bits per heavy atom. The van der Waals surface area contributed by atoms with Crippen molar-refractivity contribution in [2.45, 2.75) is 0 Å². The largest absolute Gasteiger partial charge is 0.378 e. The van der Waals surface area contributed by atoms with Gasteiger partial charge in [-0.1, -0.05) is 29.8 Å². The molecule has 4 aromatic rings. The molecule has 168 valence electrons. The van der Waals surface area contributed by atoms with Gasteiger partial charge in [0.15, 0.2) is 5.82 Å². The maximum Gasteiger partial charge on any atom is 0.229 e. The van der Waals surface area contributed by atoms with Crippen LogP contribution in [0.15, 0.2) is 67.0 Å². The van der Waals surface area contributed by atoms with Crippen LogP contribution < -0.4 is 15.5 Å². The fourth-order valence-electron chi connectivity index (χ4n) is 3.72. The van der Waals surface area contributed by atoms with E-state index in [1.165, 1.54) is 5.69 Å². The summed E-state index contributed by atoms with van der Waals surface area (Å²) in [6.45, 7) is 3.33. The van der Waals surface area contributed by atoms with Gasteiger partial charge in [-0.25, -0.2) is 4.98 Å². The van der Waals surface area contributed by atoms with Crippen molar-refractivity contribution in [2.24, 2.45) is 7.05 Å². The van der Waals surface area contributed by atoms with E-state index in [4.69, 9.17) is 16.3 Å². The second-order valence-electron chi connectivity index (χ2n) is 7.71. The molecule has 0 radical (unpaired) electrons. The molecule has 1 fully saturated rings. The normalized spacial score (nSPS) is 13.7. The van der Waals surface area contributed by atoms with Gasteiger partial charge >= 0.3 is 0 Å². The Labute approximate surface area is 197 Å². The van der Waals surface area contributed by atoms with Crippen LogP contribution >= 0.6 is 11.6 Å². The van der Waals surface area contributed by atoms with Crippen molar-refractivity contribution in [3.8, 4) is 11.3 Å². The van der Waals surface area contributed by atoms with Crippen molar-refractivity contribution in [1.29, 1.82) is 0 Å². The average molecular weight is 462 g/mol. The van der Waals surface area contributed by atoms with Gasteiger partial charge < -0.3 is 20.3 Å². The van der Waals surface area contributed by atoms with E-state index >= 15 is 0 Å². The summed E-state index contributed by atoms with van der Waals surface area (Å²) >= 11 is 6.41. The smallest absolute Gasteiger partial charge is 0.229 e. The lowest BCUT2D eigenvalue weighted by Gasteiger charge is -2.28. The van der Waals surface area contributed by atoms with Crippen LogP contribution in [-0.2, 0) is 11.8 Å². The molecule has 0 saturated carbocycles. The molecular weight excluding hydrogens is 438 g/mol. The maximum atomic E-state index is 6.41. The summed E-state index contributed by atoms with van der Waals surface area (Å²) in [7, 11) is 1.90. The first-order chi connectivity index (χ1) is 16.2. The number of nitrogens with zero attached hydrogens (tertiary/aromatic N) is 5. The predicted octanol–water partition coefficient (Wildman–Crippen LogP) is 4.85. The lowest BCUT2D eigenvalue weighted by Crippen LogP contribution is -2.36. The summed E-state index contributed by atoms with van der Waals surface area (Å²) in [5.74, 6) is 0.971. The van der Waals surface area contributed by atoms with Crippen LogP contribution in [0, 0.1) is 0 Å². The third kappa shape index (κ3) is 4.92. The molecule has 2 aromatic carbocycles. The van der Waals surface area contributed by atoms with Crippen molar-refractivity contribution in [2.75, 3.05) is 41.8 Å². The molecule has 8 nitrogen and oxygen atoms in total. The fraction of sp³-hybridized carbons (Fsp3) is 0.208. The molecule has 3 heterocycles. The van der Waals surface area contributed by atoms with Gasteiger partial charge in [0, 0.05) is 49.0 Å². The molecule has 0 atom stereocenters. The van der Waals surface area contributed by atoms with E-state index in [0.29, 0.717) is 16.8 Å². The highest BCUT2D eigenvalue weighted by Gasteiger charge is 2.13. The molecule has 9 heteroatoms. The second-order valence-corrected chi connectivity index (χ2v) is 8.11. The lowest BCUT2D eigenvalue weighted by molar-refractivity contribution is 0.122. The molecule has 2 aromatic heterocycles. The van der Waals surface area contributed by atoms with Gasteiger partial charge in [0.25, 0.3) is 0 Å². The van der Waals surface area contributed by atoms with Crippen molar-refractivity contribution in [3.63, 3.8) is 0 Å². The number of anilines is 5. The zero-order chi connectivity index (χ0) is 22.6. The summed E-state index contributed by atoms with van der Waals surface area (Å²) < 4.78 is 7.20. The van der Waals surface area contributed by atoms with Crippen molar-refractivity contribution >= 4 is 40.4 Å². The van der Waals surface area contributed by atoms with E-state index in [1.807, 2.05) is 55.7 Å². The van der Waals surface area contributed by atoms with Gasteiger partial charge in [-0.15, -0.1) is 0 Å². The number of hydrogen-bond donors (Lipinski definition) is 2. The summed E-state index contributed by atoms with van der Waals surface area (Å²) in [5.41, 5.74) is 4.76. The zero-order valence-electron chi connectivity index (χ0n) is 18.2. The first kappa shape index (κ1) is 21.2. The van der Waals surface area contributed by atoms with Crippen LogP contribution in [0.5, 0.6) is 0 Å². The summed E-state index contributed by atoms with van der Waals surface area (Å²) in [6, 6.07) is 18.1. The molecule has 33 heavy (non-hydrogen) atoms. The quantitative estimate of drug-likeness (QED) is 0.424. The number of aromatic nitrogens is 4. The van der Waals surface area contributed by atoms with E-state index in [1.54, 1.807) is 10.9 Å². The van der Waals surface area contributed by atoms with Gasteiger partial charge in [0.05, 0.1) is 25.1 Å². The van der Waals surface area contributed by atoms with Crippen LogP contribution in [0.25, 0.3) is 11.3 Å². The third-order valence-corrected chi connectivity index (χ3v) is 5.69. The number of halogens is 1. The van der Waals surface area contributed by atoms with Crippen molar-refractivity contribution in [1.82, 2.24) is 19.7 Å². The molecule has 0 unspecified atom stereocenters. The molecule has 0 amide bonds. The van der Waals surface area contributed by atoms with Crippen LogP contribution in [0.2, 0.25) is 5.02 Å². The number of benzene rings is 2.